The van der Waals surface area contributed by atoms with Crippen LogP contribution in [0.2, 0.25) is 0 Å². The van der Waals surface area contributed by atoms with Crippen molar-refractivity contribution in [3.8, 4) is 0 Å². The highest BCUT2D eigenvalue weighted by Gasteiger charge is 2.39. The van der Waals surface area contributed by atoms with Crippen LogP contribution in [0.4, 0.5) is 8.78 Å². The van der Waals surface area contributed by atoms with Gasteiger partial charge in [-0.25, -0.2) is 8.78 Å². The van der Waals surface area contributed by atoms with Gasteiger partial charge in [0.1, 0.15) is 11.6 Å². The summed E-state index contributed by atoms with van der Waals surface area (Å²) in [5.74, 6) is 0.683. The molecule has 2 saturated carbocycles. The monoisotopic (exact) mass is 420 g/mol. The smallest absolute Gasteiger partial charge is 0.139 e. The lowest BCUT2D eigenvalue weighted by Crippen LogP contribution is -2.35. The zero-order valence-corrected chi connectivity index (χ0v) is 15.1. The van der Waals surface area contributed by atoms with Crippen molar-refractivity contribution in [3.05, 3.63) is 32.9 Å². The molecule has 0 bridgehead atoms. The highest BCUT2D eigenvalue weighted by molar-refractivity contribution is 14.1. The van der Waals surface area contributed by atoms with E-state index in [0.29, 0.717) is 23.9 Å². The summed E-state index contributed by atoms with van der Waals surface area (Å²) in [6, 6.07) is 3.12. The Morgan fingerprint density at radius 2 is 1.86 bits per heavy atom. The number of hydrogen-bond acceptors (Lipinski definition) is 1. The van der Waals surface area contributed by atoms with E-state index in [9.17, 15) is 8.78 Å². The van der Waals surface area contributed by atoms with E-state index in [1.165, 1.54) is 6.42 Å². The fourth-order valence-electron chi connectivity index (χ4n) is 4.51. The first-order chi connectivity index (χ1) is 10.6. The van der Waals surface area contributed by atoms with Gasteiger partial charge < -0.3 is 4.74 Å². The lowest BCUT2D eigenvalue weighted by Gasteiger charge is -2.44. The quantitative estimate of drug-likeness (QED) is 0.453. The molecule has 0 aromatic heterocycles. The third-order valence-electron chi connectivity index (χ3n) is 5.44. The molecule has 1 aromatic carbocycles. The molecule has 1 aromatic rings. The third kappa shape index (κ3) is 3.32. The first-order valence-corrected chi connectivity index (χ1v) is 9.44. The van der Waals surface area contributed by atoms with Crippen molar-refractivity contribution in [1.29, 1.82) is 0 Å². The van der Waals surface area contributed by atoms with E-state index in [0.717, 1.165) is 44.3 Å². The van der Waals surface area contributed by atoms with Crippen molar-refractivity contribution in [2.75, 3.05) is 6.61 Å². The van der Waals surface area contributed by atoms with Crippen LogP contribution < -0.4 is 0 Å². The predicted molar refractivity (Wildman–Crippen MR) is 91.9 cm³/mol. The Morgan fingerprint density at radius 3 is 2.55 bits per heavy atom. The van der Waals surface area contributed by atoms with Crippen LogP contribution in [0.3, 0.4) is 0 Å². The van der Waals surface area contributed by atoms with Gasteiger partial charge in [-0.15, -0.1) is 0 Å². The highest BCUT2D eigenvalue weighted by Crippen LogP contribution is 2.49. The molecule has 0 radical (unpaired) electrons. The first kappa shape index (κ1) is 16.6. The van der Waals surface area contributed by atoms with Gasteiger partial charge in [0, 0.05) is 6.61 Å². The van der Waals surface area contributed by atoms with Crippen molar-refractivity contribution in [2.45, 2.75) is 57.5 Å². The molecule has 0 heterocycles. The van der Waals surface area contributed by atoms with Crippen LogP contribution in [0.15, 0.2) is 12.1 Å². The number of hydrogen-bond donors (Lipinski definition) is 0. The summed E-state index contributed by atoms with van der Waals surface area (Å²) >= 11 is 1.74. The summed E-state index contributed by atoms with van der Waals surface area (Å²) in [4.78, 5) is 0. The summed E-state index contributed by atoms with van der Waals surface area (Å²) in [5.41, 5.74) is 0.861. The Bertz CT molecular complexity index is 511. The largest absolute Gasteiger partial charge is 0.378 e. The maximum absolute atomic E-state index is 13.9. The lowest BCUT2D eigenvalue weighted by atomic mass is 9.63. The second-order valence-corrected chi connectivity index (χ2v) is 7.73. The summed E-state index contributed by atoms with van der Waals surface area (Å²) in [5, 5.41) is 0. The normalized spacial score (nSPS) is 31.8. The van der Waals surface area contributed by atoms with Crippen molar-refractivity contribution in [3.63, 3.8) is 0 Å². The maximum Gasteiger partial charge on any atom is 0.139 e. The molecule has 2 aliphatic carbocycles. The van der Waals surface area contributed by atoms with Gasteiger partial charge in [0.25, 0.3) is 0 Å². The van der Waals surface area contributed by atoms with Crippen LogP contribution in [-0.2, 0) is 4.74 Å². The molecule has 0 amide bonds. The van der Waals surface area contributed by atoms with Gasteiger partial charge in [0.2, 0.25) is 0 Å². The number of ether oxygens (including phenoxy) is 1. The fourth-order valence-corrected chi connectivity index (χ4v) is 4.82. The number of fused-ring (bicyclic) bond motifs is 1. The average molecular weight is 420 g/mol. The van der Waals surface area contributed by atoms with Crippen LogP contribution in [0, 0.1) is 27.0 Å². The Balaban J connectivity index is 1.80. The molecule has 0 N–H and O–H groups in total. The first-order valence-electron chi connectivity index (χ1n) is 8.36. The number of halogens is 3. The van der Waals surface area contributed by atoms with E-state index in [1.807, 2.05) is 6.92 Å². The van der Waals surface area contributed by atoms with Crippen LogP contribution in [0.5, 0.6) is 0 Å². The minimum atomic E-state index is -0.416. The standard InChI is InChI=1S/C18H23F2IO/c1-2-22-13-6-7-15-11(8-13)4-3-5-14(15)12-9-16(19)18(21)17(20)10-12/h9-11,13-15H,2-8H2,1H3/t11-,13?,14+,15?/m0/s1. The average Bonchev–Trinajstić information content (AvgIpc) is 2.51. The Kier molecular flexibility index (Phi) is 5.38. The molecule has 0 spiro atoms. The molecule has 122 valence electrons. The van der Waals surface area contributed by atoms with Crippen LogP contribution in [-0.4, -0.2) is 12.7 Å². The van der Waals surface area contributed by atoms with Gasteiger partial charge in [0.15, 0.2) is 0 Å². The van der Waals surface area contributed by atoms with Crippen LogP contribution in [0.1, 0.15) is 56.9 Å². The molecule has 1 nitrogen and oxygen atoms in total. The third-order valence-corrected chi connectivity index (χ3v) is 6.47. The molecule has 0 aliphatic heterocycles. The Morgan fingerprint density at radius 1 is 1.14 bits per heavy atom. The molecular weight excluding hydrogens is 397 g/mol. The zero-order valence-electron chi connectivity index (χ0n) is 13.0. The summed E-state index contributed by atoms with van der Waals surface area (Å²) in [6.07, 6.45) is 7.15. The van der Waals surface area contributed by atoms with Gasteiger partial charge in [-0.2, -0.15) is 0 Å². The van der Waals surface area contributed by atoms with Gasteiger partial charge in [-0.1, -0.05) is 12.8 Å². The summed E-state index contributed by atoms with van der Waals surface area (Å²) < 4.78 is 33.7. The molecule has 4 atom stereocenters. The highest BCUT2D eigenvalue weighted by atomic mass is 127. The van der Waals surface area contributed by atoms with Gasteiger partial charge in [0.05, 0.1) is 9.67 Å². The SMILES string of the molecule is CCOC1CCC2[C@@H](CCC[C@@H]2c2cc(F)c(I)c(F)c2)C1. The predicted octanol–water partition coefficient (Wildman–Crippen LogP) is 5.66. The number of benzene rings is 1. The molecule has 4 heteroatoms. The van der Waals surface area contributed by atoms with Gasteiger partial charge in [-0.3, -0.25) is 0 Å². The van der Waals surface area contributed by atoms with Crippen LogP contribution in [0.25, 0.3) is 0 Å². The summed E-state index contributed by atoms with van der Waals surface area (Å²) in [6.45, 7) is 2.83. The molecule has 2 fully saturated rings. The van der Waals surface area contributed by atoms with E-state index in [2.05, 4.69) is 0 Å². The molecule has 2 aliphatic rings. The zero-order chi connectivity index (χ0) is 15.7. The topological polar surface area (TPSA) is 9.23 Å². The molecular formula is C18H23F2IO. The lowest BCUT2D eigenvalue weighted by molar-refractivity contribution is -0.0125. The van der Waals surface area contributed by atoms with Crippen molar-refractivity contribution >= 4 is 22.6 Å². The minimum absolute atomic E-state index is 0.105. The molecule has 22 heavy (non-hydrogen) atoms. The summed E-state index contributed by atoms with van der Waals surface area (Å²) in [7, 11) is 0. The van der Waals surface area contributed by atoms with E-state index in [-0.39, 0.29) is 3.57 Å². The molecule has 0 saturated heterocycles. The van der Waals surface area contributed by atoms with E-state index in [4.69, 9.17) is 4.74 Å². The van der Waals surface area contributed by atoms with Crippen molar-refractivity contribution in [1.82, 2.24) is 0 Å². The Hall–Kier alpha value is -0.230. The van der Waals surface area contributed by atoms with Gasteiger partial charge in [-0.05, 0) is 90.6 Å². The molecule has 3 rings (SSSR count). The van der Waals surface area contributed by atoms with E-state index >= 15 is 0 Å². The van der Waals surface area contributed by atoms with Crippen molar-refractivity contribution < 1.29 is 13.5 Å². The number of rotatable bonds is 3. The van der Waals surface area contributed by atoms with Crippen LogP contribution >= 0.6 is 22.6 Å². The molecule has 2 unspecified atom stereocenters. The second-order valence-electron chi connectivity index (χ2n) is 6.65. The van der Waals surface area contributed by atoms with Crippen molar-refractivity contribution in [2.24, 2.45) is 11.8 Å². The van der Waals surface area contributed by atoms with E-state index in [1.54, 1.807) is 34.7 Å². The fraction of sp³-hybridized carbons (Fsp3) is 0.667. The van der Waals surface area contributed by atoms with Gasteiger partial charge >= 0.3 is 0 Å². The van der Waals surface area contributed by atoms with E-state index < -0.39 is 11.6 Å². The Labute approximate surface area is 145 Å². The minimum Gasteiger partial charge on any atom is -0.378 e. The second kappa shape index (κ2) is 7.12. The maximum atomic E-state index is 13.9.